The first-order chi connectivity index (χ1) is 9.41. The summed E-state index contributed by atoms with van der Waals surface area (Å²) in [6.45, 7) is 3.15. The monoisotopic (exact) mass is 303 g/mol. The first-order valence-electron chi connectivity index (χ1n) is 6.02. The van der Waals surface area contributed by atoms with E-state index in [0.717, 1.165) is 24.5 Å². The number of imidazole rings is 1. The number of aryl methyl sites for hydroxylation is 1. The van der Waals surface area contributed by atoms with Gasteiger partial charge in [0.25, 0.3) is 0 Å². The lowest BCUT2D eigenvalue weighted by atomic mass is 10.2. The van der Waals surface area contributed by atoms with E-state index in [4.69, 9.17) is 11.6 Å². The molecule has 0 amide bonds. The lowest BCUT2D eigenvalue weighted by Gasteiger charge is -2.12. The maximum atomic E-state index is 12.5. The molecule has 0 aliphatic carbocycles. The predicted octanol–water partition coefficient (Wildman–Crippen LogP) is 4.19. The molecule has 3 nitrogen and oxygen atoms in total. The maximum absolute atomic E-state index is 12.5. The van der Waals surface area contributed by atoms with Gasteiger partial charge in [-0.05, 0) is 25.1 Å². The average molecular weight is 304 g/mol. The summed E-state index contributed by atoms with van der Waals surface area (Å²) in [5, 5.41) is 3.02. The molecule has 0 aliphatic heterocycles. The number of halogens is 4. The molecule has 0 aliphatic rings. The summed E-state index contributed by atoms with van der Waals surface area (Å²) >= 11 is 5.86. The number of anilines is 1. The van der Waals surface area contributed by atoms with Crippen molar-refractivity contribution in [3.63, 3.8) is 0 Å². The fraction of sp³-hybridized carbons (Fsp3) is 0.308. The molecule has 0 saturated carbocycles. The molecule has 0 radical (unpaired) electrons. The van der Waals surface area contributed by atoms with Gasteiger partial charge in [0, 0.05) is 18.9 Å². The Morgan fingerprint density at radius 3 is 2.70 bits per heavy atom. The summed E-state index contributed by atoms with van der Waals surface area (Å²) in [7, 11) is 0. The van der Waals surface area contributed by atoms with Gasteiger partial charge in [0.05, 0.1) is 22.8 Å². The van der Waals surface area contributed by atoms with Crippen LogP contribution in [-0.4, -0.2) is 9.55 Å². The van der Waals surface area contributed by atoms with Crippen molar-refractivity contribution in [3.8, 4) is 0 Å². The van der Waals surface area contributed by atoms with Gasteiger partial charge in [0.1, 0.15) is 5.82 Å². The van der Waals surface area contributed by atoms with Crippen molar-refractivity contribution in [1.29, 1.82) is 0 Å². The Hall–Kier alpha value is -1.69. The van der Waals surface area contributed by atoms with Crippen LogP contribution in [-0.2, 0) is 19.3 Å². The Balaban J connectivity index is 2.11. The number of hydrogen-bond acceptors (Lipinski definition) is 2. The Kier molecular flexibility index (Phi) is 4.23. The van der Waals surface area contributed by atoms with E-state index in [1.165, 1.54) is 6.07 Å². The van der Waals surface area contributed by atoms with E-state index < -0.39 is 11.7 Å². The first-order valence-corrected chi connectivity index (χ1v) is 6.40. The second-order valence-corrected chi connectivity index (χ2v) is 4.58. The molecule has 1 heterocycles. The van der Waals surface area contributed by atoms with Gasteiger partial charge in [-0.25, -0.2) is 4.98 Å². The van der Waals surface area contributed by atoms with Crippen molar-refractivity contribution in [2.45, 2.75) is 26.2 Å². The second kappa shape index (κ2) is 5.75. The molecule has 0 unspecified atom stereocenters. The molecule has 108 valence electrons. The fourth-order valence-corrected chi connectivity index (χ4v) is 2.05. The highest BCUT2D eigenvalue weighted by Crippen LogP contribution is 2.33. The highest BCUT2D eigenvalue weighted by molar-refractivity contribution is 6.33. The minimum absolute atomic E-state index is 0.0365. The molecule has 0 saturated heterocycles. The molecular weight excluding hydrogens is 291 g/mol. The molecule has 0 bridgehead atoms. The molecule has 7 heteroatoms. The van der Waals surface area contributed by atoms with E-state index >= 15 is 0 Å². The van der Waals surface area contributed by atoms with Crippen molar-refractivity contribution in [1.82, 2.24) is 9.55 Å². The van der Waals surface area contributed by atoms with Crippen molar-refractivity contribution in [2.75, 3.05) is 5.32 Å². The number of nitrogens with one attached hydrogen (secondary N) is 1. The lowest BCUT2D eigenvalue weighted by Crippen LogP contribution is -2.09. The van der Waals surface area contributed by atoms with E-state index in [1.54, 1.807) is 6.20 Å². The number of nitrogens with zero attached hydrogens (tertiary/aromatic N) is 2. The molecular formula is C13H13ClF3N3. The van der Waals surface area contributed by atoms with Crippen LogP contribution in [0.4, 0.5) is 18.9 Å². The van der Waals surface area contributed by atoms with Crippen molar-refractivity contribution in [3.05, 3.63) is 47.0 Å². The molecule has 0 atom stereocenters. The van der Waals surface area contributed by atoms with Gasteiger partial charge in [0.2, 0.25) is 0 Å². The number of rotatable bonds is 4. The standard InChI is InChI=1S/C13H13ClF3N3/c1-2-20-6-5-18-12(20)8-19-11-4-3-9(7-10(11)14)13(15,16)17/h3-7,19H,2,8H2,1H3. The van der Waals surface area contributed by atoms with Gasteiger partial charge in [-0.1, -0.05) is 11.6 Å². The van der Waals surface area contributed by atoms with Crippen molar-refractivity contribution < 1.29 is 13.2 Å². The van der Waals surface area contributed by atoms with E-state index in [2.05, 4.69) is 10.3 Å². The number of aromatic nitrogens is 2. The SMILES string of the molecule is CCn1ccnc1CNc1ccc(C(F)(F)F)cc1Cl. The Morgan fingerprint density at radius 2 is 2.10 bits per heavy atom. The quantitative estimate of drug-likeness (QED) is 0.918. The zero-order valence-electron chi connectivity index (χ0n) is 10.7. The Bertz CT molecular complexity index is 593. The largest absolute Gasteiger partial charge is 0.416 e. The van der Waals surface area contributed by atoms with Crippen LogP contribution in [0.2, 0.25) is 5.02 Å². The molecule has 2 aromatic rings. The van der Waals surface area contributed by atoms with Gasteiger partial charge in [-0.2, -0.15) is 13.2 Å². The minimum Gasteiger partial charge on any atom is -0.377 e. The molecule has 1 N–H and O–H groups in total. The normalized spacial score (nSPS) is 11.7. The van der Waals surface area contributed by atoms with E-state index in [1.807, 2.05) is 17.7 Å². The third-order valence-corrected chi connectivity index (χ3v) is 3.19. The highest BCUT2D eigenvalue weighted by Gasteiger charge is 2.30. The van der Waals surface area contributed by atoms with Crippen LogP contribution in [0.1, 0.15) is 18.3 Å². The average Bonchev–Trinajstić information content (AvgIpc) is 2.83. The van der Waals surface area contributed by atoms with Gasteiger partial charge < -0.3 is 9.88 Å². The van der Waals surface area contributed by atoms with Crippen LogP contribution < -0.4 is 5.32 Å². The molecule has 1 aromatic carbocycles. The third kappa shape index (κ3) is 3.25. The Labute approximate surface area is 119 Å². The van der Waals surface area contributed by atoms with Crippen LogP contribution in [0.15, 0.2) is 30.6 Å². The van der Waals surface area contributed by atoms with E-state index in [0.29, 0.717) is 12.2 Å². The zero-order chi connectivity index (χ0) is 14.8. The molecule has 1 aromatic heterocycles. The predicted molar refractivity (Wildman–Crippen MR) is 71.7 cm³/mol. The number of hydrogen-bond donors (Lipinski definition) is 1. The first kappa shape index (κ1) is 14.7. The number of benzene rings is 1. The van der Waals surface area contributed by atoms with Crippen LogP contribution in [0, 0.1) is 0 Å². The molecule has 0 spiro atoms. The Morgan fingerprint density at radius 1 is 1.35 bits per heavy atom. The lowest BCUT2D eigenvalue weighted by molar-refractivity contribution is -0.137. The summed E-state index contributed by atoms with van der Waals surface area (Å²) in [6, 6.07) is 3.24. The maximum Gasteiger partial charge on any atom is 0.416 e. The van der Waals surface area contributed by atoms with E-state index in [9.17, 15) is 13.2 Å². The fourth-order valence-electron chi connectivity index (χ4n) is 1.80. The van der Waals surface area contributed by atoms with Gasteiger partial charge in [-0.15, -0.1) is 0 Å². The molecule has 2 rings (SSSR count). The van der Waals surface area contributed by atoms with Crippen molar-refractivity contribution in [2.24, 2.45) is 0 Å². The minimum atomic E-state index is -4.39. The topological polar surface area (TPSA) is 29.9 Å². The summed E-state index contributed by atoms with van der Waals surface area (Å²) in [5.41, 5.74) is -0.312. The van der Waals surface area contributed by atoms with Crippen molar-refractivity contribution >= 4 is 17.3 Å². The molecule has 0 fully saturated rings. The number of alkyl halides is 3. The van der Waals surface area contributed by atoms with Gasteiger partial charge >= 0.3 is 6.18 Å². The van der Waals surface area contributed by atoms with Crippen LogP contribution >= 0.6 is 11.6 Å². The summed E-state index contributed by atoms with van der Waals surface area (Å²) in [5.74, 6) is 0.795. The summed E-state index contributed by atoms with van der Waals surface area (Å²) in [6.07, 6.45) is -0.874. The van der Waals surface area contributed by atoms with Gasteiger partial charge in [-0.3, -0.25) is 0 Å². The zero-order valence-corrected chi connectivity index (χ0v) is 11.5. The van der Waals surface area contributed by atoms with Crippen LogP contribution in [0.25, 0.3) is 0 Å². The van der Waals surface area contributed by atoms with Crippen LogP contribution in [0.3, 0.4) is 0 Å². The third-order valence-electron chi connectivity index (χ3n) is 2.88. The second-order valence-electron chi connectivity index (χ2n) is 4.18. The summed E-state index contributed by atoms with van der Waals surface area (Å²) in [4.78, 5) is 4.17. The van der Waals surface area contributed by atoms with Gasteiger partial charge in [0.15, 0.2) is 0 Å². The van der Waals surface area contributed by atoms with Crippen LogP contribution in [0.5, 0.6) is 0 Å². The van der Waals surface area contributed by atoms with E-state index in [-0.39, 0.29) is 5.02 Å². The smallest absolute Gasteiger partial charge is 0.377 e. The summed E-state index contributed by atoms with van der Waals surface area (Å²) < 4.78 is 39.5. The highest BCUT2D eigenvalue weighted by atomic mass is 35.5. The molecule has 20 heavy (non-hydrogen) atoms.